The maximum Gasteiger partial charge on any atom is 0.346 e. The minimum atomic E-state index is -0.212. The highest BCUT2D eigenvalue weighted by molar-refractivity contribution is 5.66. The third kappa shape index (κ3) is 7.39. The monoisotopic (exact) mass is 537 g/mol. The van der Waals surface area contributed by atoms with Gasteiger partial charge < -0.3 is 20.3 Å². The van der Waals surface area contributed by atoms with Gasteiger partial charge in [0.15, 0.2) is 11.5 Å². The number of aromatic nitrogens is 5. The number of hydrogen-bond acceptors (Lipinski definition) is 8. The van der Waals surface area contributed by atoms with E-state index in [2.05, 4.69) is 4.90 Å². The Balaban J connectivity index is 1.61. The zero-order valence-electron chi connectivity index (χ0n) is 23.0. The summed E-state index contributed by atoms with van der Waals surface area (Å²) in [6.07, 6.45) is 7.79. The van der Waals surface area contributed by atoms with E-state index in [4.69, 9.17) is 25.4 Å². The minimum Gasteiger partial charge on any atom is -0.508 e. The van der Waals surface area contributed by atoms with Gasteiger partial charge in [-0.25, -0.2) is 9.48 Å². The molecular weight excluding hydrogens is 498 g/mol. The number of allylic oxidation sites excluding steroid dienone is 3. The van der Waals surface area contributed by atoms with Crippen molar-refractivity contribution >= 4 is 5.69 Å². The van der Waals surface area contributed by atoms with E-state index in [0.717, 1.165) is 30.8 Å². The van der Waals surface area contributed by atoms with Crippen molar-refractivity contribution in [1.29, 1.82) is 0 Å². The highest BCUT2D eigenvalue weighted by Gasteiger charge is 2.22. The molecule has 210 valence electrons. The van der Waals surface area contributed by atoms with Crippen LogP contribution in [0.3, 0.4) is 0 Å². The third-order valence-electron chi connectivity index (χ3n) is 6.64. The minimum absolute atomic E-state index is 0.0478. The number of nitrogens with two attached hydrogens (primary N) is 1. The second-order valence-corrected chi connectivity index (χ2v) is 9.75. The molecule has 1 atom stereocenters. The standard InChI is InChI=1S/C28H39N7O4/c1-4-5-23(36)9-6-21(2)18-34-27(31-35(28(34)37)13-12-32-14-16-39-17-15-32)26-25(29)20-33(30-26)19-22-7-10-24(38-3)11-8-22/h5-11,20-21,36H,4,12-19,29H2,1-3H3/b9-6-,23-5+. The molecule has 3 N–H and O–H groups in total. The van der Waals surface area contributed by atoms with Crippen molar-refractivity contribution in [2.75, 3.05) is 45.7 Å². The quantitative estimate of drug-likeness (QED) is 0.267. The maximum atomic E-state index is 13.5. The normalized spacial score (nSPS) is 15.7. The SMILES string of the molecule is CC/C=C(O)\C=C/C(C)Cn1c(-c2nn(Cc3ccc(OC)cc3)cc2N)nn(CCN2CCOCC2)c1=O. The lowest BCUT2D eigenvalue weighted by Gasteiger charge is -2.26. The van der Waals surface area contributed by atoms with Crippen LogP contribution in [0, 0.1) is 5.92 Å². The number of nitrogens with zero attached hydrogens (tertiary/aromatic N) is 6. The summed E-state index contributed by atoms with van der Waals surface area (Å²) in [6, 6.07) is 7.75. The van der Waals surface area contributed by atoms with Crippen LogP contribution in [0.2, 0.25) is 0 Å². The smallest absolute Gasteiger partial charge is 0.346 e. The van der Waals surface area contributed by atoms with Crippen LogP contribution in [0.1, 0.15) is 25.8 Å². The number of rotatable bonds is 12. The van der Waals surface area contributed by atoms with E-state index < -0.39 is 0 Å². The van der Waals surface area contributed by atoms with Crippen LogP contribution in [0.15, 0.2) is 59.2 Å². The van der Waals surface area contributed by atoms with Gasteiger partial charge in [-0.3, -0.25) is 14.1 Å². The Kier molecular flexibility index (Phi) is 9.61. The lowest BCUT2D eigenvalue weighted by Crippen LogP contribution is -2.39. The topological polar surface area (TPSA) is 126 Å². The summed E-state index contributed by atoms with van der Waals surface area (Å²) in [4.78, 5) is 15.8. The Morgan fingerprint density at radius 3 is 2.64 bits per heavy atom. The lowest BCUT2D eigenvalue weighted by molar-refractivity contribution is 0.0358. The lowest BCUT2D eigenvalue weighted by atomic mass is 10.1. The van der Waals surface area contributed by atoms with Gasteiger partial charge in [0.05, 0.1) is 39.1 Å². The first kappa shape index (κ1) is 28.2. The summed E-state index contributed by atoms with van der Waals surface area (Å²) >= 11 is 0. The van der Waals surface area contributed by atoms with E-state index in [-0.39, 0.29) is 17.4 Å². The Morgan fingerprint density at radius 1 is 1.21 bits per heavy atom. The molecule has 1 aliphatic heterocycles. The molecule has 4 rings (SSSR count). The molecule has 39 heavy (non-hydrogen) atoms. The molecule has 0 amide bonds. The van der Waals surface area contributed by atoms with Crippen molar-refractivity contribution in [3.63, 3.8) is 0 Å². The number of hydrogen-bond donors (Lipinski definition) is 2. The largest absolute Gasteiger partial charge is 0.508 e. The average Bonchev–Trinajstić information content (AvgIpc) is 3.45. The van der Waals surface area contributed by atoms with Crippen molar-refractivity contribution < 1.29 is 14.6 Å². The summed E-state index contributed by atoms with van der Waals surface area (Å²) < 4.78 is 15.6. The molecule has 1 fully saturated rings. The number of aliphatic hydroxyl groups is 1. The Labute approximate surface area is 228 Å². The van der Waals surface area contributed by atoms with Gasteiger partial charge in [-0.15, -0.1) is 5.10 Å². The number of benzene rings is 1. The third-order valence-corrected chi connectivity index (χ3v) is 6.64. The number of anilines is 1. The molecule has 1 aliphatic rings. The van der Waals surface area contributed by atoms with Gasteiger partial charge in [-0.05, 0) is 42.2 Å². The molecule has 0 aliphatic carbocycles. The predicted molar refractivity (Wildman–Crippen MR) is 151 cm³/mol. The van der Waals surface area contributed by atoms with Gasteiger partial charge in [0, 0.05) is 32.4 Å². The number of aliphatic hydroxyl groups excluding tert-OH is 1. The van der Waals surface area contributed by atoms with E-state index in [1.54, 1.807) is 34.7 Å². The molecule has 3 heterocycles. The fourth-order valence-electron chi connectivity index (χ4n) is 4.49. The Morgan fingerprint density at radius 2 is 1.95 bits per heavy atom. The predicted octanol–water partition coefficient (Wildman–Crippen LogP) is 2.92. The van der Waals surface area contributed by atoms with Crippen molar-refractivity contribution in [3.05, 3.63) is 70.5 Å². The van der Waals surface area contributed by atoms with Gasteiger partial charge in [0.2, 0.25) is 0 Å². The van der Waals surface area contributed by atoms with Gasteiger partial charge in [-0.2, -0.15) is 5.10 Å². The fraction of sp³-hybridized carbons (Fsp3) is 0.464. The number of ether oxygens (including phenoxy) is 2. The molecular formula is C28H39N7O4. The zero-order chi connectivity index (χ0) is 27.8. The molecule has 11 heteroatoms. The zero-order valence-corrected chi connectivity index (χ0v) is 23.0. The molecule has 11 nitrogen and oxygen atoms in total. The Hall–Kier alpha value is -3.83. The summed E-state index contributed by atoms with van der Waals surface area (Å²) in [5, 5.41) is 19.4. The van der Waals surface area contributed by atoms with Gasteiger partial charge >= 0.3 is 5.69 Å². The first-order valence-electron chi connectivity index (χ1n) is 13.4. The molecule has 0 spiro atoms. The molecule has 1 unspecified atom stereocenters. The first-order valence-corrected chi connectivity index (χ1v) is 13.4. The number of methoxy groups -OCH3 is 1. The maximum absolute atomic E-state index is 13.5. The average molecular weight is 538 g/mol. The van der Waals surface area contributed by atoms with Crippen LogP contribution in [0.25, 0.3) is 11.5 Å². The highest BCUT2D eigenvalue weighted by atomic mass is 16.5. The number of nitrogen functional groups attached to an aromatic ring is 1. The van der Waals surface area contributed by atoms with E-state index in [9.17, 15) is 9.90 Å². The van der Waals surface area contributed by atoms with Gasteiger partial charge in [0.1, 0.15) is 11.5 Å². The van der Waals surface area contributed by atoms with Crippen molar-refractivity contribution in [1.82, 2.24) is 29.0 Å². The first-order chi connectivity index (χ1) is 18.9. The van der Waals surface area contributed by atoms with E-state index >= 15 is 0 Å². The van der Waals surface area contributed by atoms with Gasteiger partial charge in [-0.1, -0.05) is 32.1 Å². The summed E-state index contributed by atoms with van der Waals surface area (Å²) in [5.41, 5.74) is 8.15. The molecule has 0 bridgehead atoms. The second kappa shape index (κ2) is 13.3. The molecule has 3 aromatic rings. The molecule has 1 saturated heterocycles. The summed E-state index contributed by atoms with van der Waals surface area (Å²) in [6.45, 7) is 9.04. The van der Waals surface area contributed by atoms with Crippen molar-refractivity contribution in [3.8, 4) is 17.3 Å². The Bertz CT molecular complexity index is 1330. The van der Waals surface area contributed by atoms with Crippen molar-refractivity contribution in [2.45, 2.75) is 39.9 Å². The van der Waals surface area contributed by atoms with Crippen molar-refractivity contribution in [2.24, 2.45) is 5.92 Å². The number of morpholine rings is 1. The van der Waals surface area contributed by atoms with Crippen LogP contribution >= 0.6 is 0 Å². The highest BCUT2D eigenvalue weighted by Crippen LogP contribution is 2.23. The molecule has 0 saturated carbocycles. The van der Waals surface area contributed by atoms with Crippen LogP contribution < -0.4 is 16.2 Å². The molecule has 1 aromatic carbocycles. The van der Waals surface area contributed by atoms with E-state index in [1.165, 1.54) is 4.68 Å². The fourth-order valence-corrected chi connectivity index (χ4v) is 4.49. The van der Waals surface area contributed by atoms with Crippen LogP contribution in [-0.2, 0) is 24.4 Å². The van der Waals surface area contributed by atoms with E-state index in [0.29, 0.717) is 56.6 Å². The molecule has 0 radical (unpaired) electrons. The second-order valence-electron chi connectivity index (χ2n) is 9.75. The summed E-state index contributed by atoms with van der Waals surface area (Å²) in [7, 11) is 1.64. The summed E-state index contributed by atoms with van der Waals surface area (Å²) in [5.74, 6) is 1.38. The van der Waals surface area contributed by atoms with Crippen LogP contribution in [0.4, 0.5) is 5.69 Å². The van der Waals surface area contributed by atoms with E-state index in [1.807, 2.05) is 44.2 Å². The van der Waals surface area contributed by atoms with Crippen LogP contribution in [-0.4, -0.2) is 74.1 Å². The van der Waals surface area contributed by atoms with Crippen LogP contribution in [0.5, 0.6) is 5.75 Å². The van der Waals surface area contributed by atoms with Gasteiger partial charge in [0.25, 0.3) is 0 Å². The molecule has 2 aromatic heterocycles.